The molecule has 0 saturated heterocycles. The van der Waals surface area contributed by atoms with Crippen molar-refractivity contribution in [1.82, 2.24) is 4.98 Å². The highest BCUT2D eigenvalue weighted by Crippen LogP contribution is 2.27. The molecule has 0 aliphatic rings. The summed E-state index contributed by atoms with van der Waals surface area (Å²) < 4.78 is 5.10. The maximum Gasteiger partial charge on any atom is 0.315 e. The molecule has 6 nitrogen and oxygen atoms in total. The zero-order chi connectivity index (χ0) is 16.3. The number of thiazole rings is 1. The van der Waals surface area contributed by atoms with Gasteiger partial charge in [-0.05, 0) is 32.0 Å². The summed E-state index contributed by atoms with van der Waals surface area (Å²) in [5, 5.41) is 5.72. The van der Waals surface area contributed by atoms with Gasteiger partial charge in [-0.3, -0.25) is 14.9 Å². The van der Waals surface area contributed by atoms with Crippen LogP contribution in [0.15, 0.2) is 18.2 Å². The van der Waals surface area contributed by atoms with Gasteiger partial charge in [-0.15, -0.1) is 11.3 Å². The minimum atomic E-state index is -0.828. The molecule has 2 aromatic rings. The molecule has 0 aliphatic heterocycles. The predicted molar refractivity (Wildman–Crippen MR) is 86.9 cm³/mol. The average Bonchev–Trinajstić information content (AvgIpc) is 2.77. The zero-order valence-electron chi connectivity index (χ0n) is 12.2. The normalized spacial score (nSPS) is 10.2. The third kappa shape index (κ3) is 3.75. The molecule has 0 spiro atoms. The highest BCUT2D eigenvalue weighted by Gasteiger charge is 2.18. The highest BCUT2D eigenvalue weighted by molar-refractivity contribution is 7.15. The van der Waals surface area contributed by atoms with Crippen LogP contribution in [-0.2, 0) is 9.59 Å². The van der Waals surface area contributed by atoms with E-state index in [2.05, 4.69) is 15.6 Å². The van der Waals surface area contributed by atoms with Gasteiger partial charge in [0.05, 0.1) is 18.5 Å². The Morgan fingerprint density at radius 3 is 2.50 bits per heavy atom. The van der Waals surface area contributed by atoms with Gasteiger partial charge in [-0.2, -0.15) is 0 Å². The van der Waals surface area contributed by atoms with Gasteiger partial charge < -0.3 is 10.1 Å². The number of halogens is 1. The lowest BCUT2D eigenvalue weighted by molar-refractivity contribution is -0.133. The largest absolute Gasteiger partial charge is 0.495 e. The summed E-state index contributed by atoms with van der Waals surface area (Å²) in [4.78, 5) is 29.0. The van der Waals surface area contributed by atoms with E-state index < -0.39 is 11.8 Å². The van der Waals surface area contributed by atoms with E-state index in [9.17, 15) is 9.59 Å². The van der Waals surface area contributed by atoms with Gasteiger partial charge in [-0.25, -0.2) is 4.98 Å². The number of hydrogen-bond acceptors (Lipinski definition) is 5. The molecule has 1 heterocycles. The number of aryl methyl sites for hydroxylation is 2. The van der Waals surface area contributed by atoms with Crippen molar-refractivity contribution < 1.29 is 14.3 Å². The monoisotopic (exact) mass is 339 g/mol. The van der Waals surface area contributed by atoms with Crippen molar-refractivity contribution in [1.29, 1.82) is 0 Å². The van der Waals surface area contributed by atoms with Gasteiger partial charge in [0, 0.05) is 9.90 Å². The molecular weight excluding hydrogens is 326 g/mol. The second-order valence-corrected chi connectivity index (χ2v) is 6.05. The molecule has 1 aromatic carbocycles. The minimum Gasteiger partial charge on any atom is -0.495 e. The van der Waals surface area contributed by atoms with Gasteiger partial charge in [0.15, 0.2) is 5.13 Å². The van der Waals surface area contributed by atoms with Crippen LogP contribution < -0.4 is 15.4 Å². The van der Waals surface area contributed by atoms with E-state index in [1.54, 1.807) is 12.1 Å². The minimum absolute atomic E-state index is 0.321. The molecule has 2 amide bonds. The van der Waals surface area contributed by atoms with Crippen molar-refractivity contribution >= 4 is 45.6 Å². The number of hydrogen-bond donors (Lipinski definition) is 2. The number of aromatic nitrogens is 1. The quantitative estimate of drug-likeness (QED) is 0.842. The molecule has 0 aliphatic carbocycles. The summed E-state index contributed by atoms with van der Waals surface area (Å²) in [6.45, 7) is 3.72. The Morgan fingerprint density at radius 2 is 1.91 bits per heavy atom. The number of nitrogens with zero attached hydrogens (tertiary/aromatic N) is 1. The second-order valence-electron chi connectivity index (χ2n) is 4.41. The average molecular weight is 340 g/mol. The lowest BCUT2D eigenvalue weighted by Gasteiger charge is -2.10. The number of carbonyl (C=O) groups is 2. The number of amides is 2. The van der Waals surface area contributed by atoms with Crippen LogP contribution in [-0.4, -0.2) is 23.9 Å². The molecule has 1 aromatic heterocycles. The van der Waals surface area contributed by atoms with Crippen LogP contribution in [0.3, 0.4) is 0 Å². The lowest BCUT2D eigenvalue weighted by atomic mass is 10.3. The fourth-order valence-corrected chi connectivity index (χ4v) is 2.62. The summed E-state index contributed by atoms with van der Waals surface area (Å²) in [5.74, 6) is -1.23. The number of ether oxygens (including phenoxy) is 1. The SMILES string of the molecule is COc1ccc(Cl)cc1NC(=O)C(=O)Nc1nc(C)c(C)s1. The summed E-state index contributed by atoms with van der Waals surface area (Å²) >= 11 is 7.18. The van der Waals surface area contributed by atoms with Gasteiger partial charge in [0.25, 0.3) is 0 Å². The van der Waals surface area contributed by atoms with E-state index in [0.29, 0.717) is 21.6 Å². The number of nitrogens with one attached hydrogen (secondary N) is 2. The van der Waals surface area contributed by atoms with Gasteiger partial charge in [0.2, 0.25) is 0 Å². The number of carbonyl (C=O) groups excluding carboxylic acids is 2. The second kappa shape index (κ2) is 6.76. The Bertz CT molecular complexity index is 711. The summed E-state index contributed by atoms with van der Waals surface area (Å²) in [6, 6.07) is 4.73. The smallest absolute Gasteiger partial charge is 0.315 e. The van der Waals surface area contributed by atoms with Crippen LogP contribution in [0.4, 0.5) is 10.8 Å². The Balaban J connectivity index is 2.08. The molecule has 8 heteroatoms. The van der Waals surface area contributed by atoms with Crippen LogP contribution in [0.2, 0.25) is 5.02 Å². The number of methoxy groups -OCH3 is 1. The van der Waals surface area contributed by atoms with E-state index >= 15 is 0 Å². The molecule has 22 heavy (non-hydrogen) atoms. The molecular formula is C14H14ClN3O3S. The molecule has 2 N–H and O–H groups in total. The van der Waals surface area contributed by atoms with Gasteiger partial charge >= 0.3 is 11.8 Å². The van der Waals surface area contributed by atoms with Crippen LogP contribution in [0.5, 0.6) is 5.75 Å². The first kappa shape index (κ1) is 16.3. The molecule has 116 valence electrons. The van der Waals surface area contributed by atoms with Gasteiger partial charge in [0.1, 0.15) is 5.75 Å². The van der Waals surface area contributed by atoms with Crippen LogP contribution in [0.25, 0.3) is 0 Å². The van der Waals surface area contributed by atoms with Crippen molar-refractivity contribution in [2.75, 3.05) is 17.7 Å². The van der Waals surface area contributed by atoms with Crippen molar-refractivity contribution in [2.45, 2.75) is 13.8 Å². The lowest BCUT2D eigenvalue weighted by Crippen LogP contribution is -2.29. The van der Waals surface area contributed by atoms with Crippen molar-refractivity contribution in [2.24, 2.45) is 0 Å². The Morgan fingerprint density at radius 1 is 1.23 bits per heavy atom. The molecule has 0 atom stereocenters. The highest BCUT2D eigenvalue weighted by atomic mass is 35.5. The van der Waals surface area contributed by atoms with Gasteiger partial charge in [-0.1, -0.05) is 11.6 Å². The Labute approximate surface area is 136 Å². The molecule has 0 saturated carbocycles. The first-order valence-corrected chi connectivity index (χ1v) is 7.50. The fraction of sp³-hybridized carbons (Fsp3) is 0.214. The third-order valence-corrected chi connectivity index (χ3v) is 4.09. The van der Waals surface area contributed by atoms with E-state index in [4.69, 9.17) is 16.3 Å². The van der Waals surface area contributed by atoms with E-state index in [-0.39, 0.29) is 0 Å². The molecule has 0 radical (unpaired) electrons. The van der Waals surface area contributed by atoms with Crippen molar-refractivity contribution in [3.05, 3.63) is 33.8 Å². The molecule has 0 fully saturated rings. The van der Waals surface area contributed by atoms with Crippen molar-refractivity contribution in [3.8, 4) is 5.75 Å². The molecule has 0 bridgehead atoms. The maximum atomic E-state index is 11.9. The topological polar surface area (TPSA) is 80.3 Å². The Hall–Kier alpha value is -2.12. The van der Waals surface area contributed by atoms with E-state index in [0.717, 1.165) is 10.6 Å². The standard InChI is InChI=1S/C14H14ClN3O3S/c1-7-8(2)22-14(16-7)18-13(20)12(19)17-10-6-9(15)4-5-11(10)21-3/h4-6H,1-3H3,(H,17,19)(H,16,18,20). The van der Waals surface area contributed by atoms with E-state index in [1.165, 1.54) is 24.5 Å². The van der Waals surface area contributed by atoms with Crippen LogP contribution in [0, 0.1) is 13.8 Å². The first-order valence-electron chi connectivity index (χ1n) is 6.30. The molecule has 2 rings (SSSR count). The maximum absolute atomic E-state index is 11.9. The van der Waals surface area contributed by atoms with Crippen molar-refractivity contribution in [3.63, 3.8) is 0 Å². The first-order chi connectivity index (χ1) is 10.4. The fourth-order valence-electron chi connectivity index (χ4n) is 1.64. The summed E-state index contributed by atoms with van der Waals surface area (Å²) in [7, 11) is 1.46. The Kier molecular flexibility index (Phi) is 4.99. The van der Waals surface area contributed by atoms with Crippen LogP contribution >= 0.6 is 22.9 Å². The molecule has 0 unspecified atom stereocenters. The van der Waals surface area contributed by atoms with Crippen LogP contribution in [0.1, 0.15) is 10.6 Å². The number of rotatable bonds is 3. The zero-order valence-corrected chi connectivity index (χ0v) is 13.8. The predicted octanol–water partition coefficient (Wildman–Crippen LogP) is 3.00. The number of benzene rings is 1. The third-order valence-electron chi connectivity index (χ3n) is 2.86. The van der Waals surface area contributed by atoms with E-state index in [1.807, 2.05) is 13.8 Å². The summed E-state index contributed by atoms with van der Waals surface area (Å²) in [5.41, 5.74) is 1.14. The summed E-state index contributed by atoms with van der Waals surface area (Å²) in [6.07, 6.45) is 0. The number of anilines is 2.